The van der Waals surface area contributed by atoms with Crippen LogP contribution in [0.4, 0.5) is 0 Å². The second-order valence-corrected chi connectivity index (χ2v) is 7.83. The number of hydrogen-bond acceptors (Lipinski definition) is 4. The van der Waals surface area contributed by atoms with E-state index in [1.165, 1.54) is 0 Å². The Bertz CT molecular complexity index is 997. The van der Waals surface area contributed by atoms with Crippen LogP contribution in [-0.2, 0) is 4.79 Å². The molecule has 6 heteroatoms. The van der Waals surface area contributed by atoms with Crippen molar-refractivity contribution in [1.29, 1.82) is 0 Å². The topological polar surface area (TPSA) is 55.3 Å². The Labute approximate surface area is 181 Å². The summed E-state index contributed by atoms with van der Waals surface area (Å²) in [6, 6.07) is 17.2. The van der Waals surface area contributed by atoms with Gasteiger partial charge in [-0.15, -0.1) is 0 Å². The smallest absolute Gasteiger partial charge is 0.226 e. The number of rotatable bonds is 6. The molecule has 5 nitrogen and oxygen atoms in total. The Morgan fingerprint density at radius 2 is 1.93 bits per heavy atom. The van der Waals surface area contributed by atoms with E-state index in [2.05, 4.69) is 9.97 Å². The Morgan fingerprint density at radius 1 is 1.10 bits per heavy atom. The van der Waals surface area contributed by atoms with Crippen LogP contribution in [0.25, 0.3) is 11.3 Å². The van der Waals surface area contributed by atoms with Gasteiger partial charge in [-0.3, -0.25) is 14.8 Å². The lowest BCUT2D eigenvalue weighted by atomic mass is 9.91. The van der Waals surface area contributed by atoms with Gasteiger partial charge in [0.15, 0.2) is 0 Å². The van der Waals surface area contributed by atoms with Crippen LogP contribution < -0.4 is 4.74 Å². The summed E-state index contributed by atoms with van der Waals surface area (Å²) in [6.07, 6.45) is 5.71. The van der Waals surface area contributed by atoms with E-state index < -0.39 is 0 Å². The van der Waals surface area contributed by atoms with Crippen molar-refractivity contribution in [1.82, 2.24) is 14.9 Å². The van der Waals surface area contributed by atoms with Crippen molar-refractivity contribution in [2.45, 2.75) is 25.2 Å². The summed E-state index contributed by atoms with van der Waals surface area (Å²) >= 11 is 6.18. The average molecular weight is 422 g/mol. The van der Waals surface area contributed by atoms with Crippen LogP contribution in [0.2, 0.25) is 5.02 Å². The monoisotopic (exact) mass is 421 g/mol. The molecule has 1 aliphatic heterocycles. The Morgan fingerprint density at radius 3 is 2.77 bits per heavy atom. The van der Waals surface area contributed by atoms with Gasteiger partial charge < -0.3 is 9.64 Å². The first kappa shape index (κ1) is 20.4. The van der Waals surface area contributed by atoms with Crippen molar-refractivity contribution in [2.24, 2.45) is 0 Å². The number of carbonyl (C=O) groups is 1. The second kappa shape index (κ2) is 9.72. The number of amides is 1. The Balaban J connectivity index is 1.42. The zero-order chi connectivity index (χ0) is 20.8. The van der Waals surface area contributed by atoms with Crippen LogP contribution in [0, 0.1) is 0 Å². The first-order chi connectivity index (χ1) is 14.7. The second-order valence-electron chi connectivity index (χ2n) is 7.39. The number of para-hydroxylation sites is 1. The maximum atomic E-state index is 12.8. The molecule has 0 aliphatic carbocycles. The van der Waals surface area contributed by atoms with Gasteiger partial charge in [0.25, 0.3) is 0 Å². The lowest BCUT2D eigenvalue weighted by Crippen LogP contribution is -2.40. The highest BCUT2D eigenvalue weighted by molar-refractivity contribution is 6.30. The quantitative estimate of drug-likeness (QED) is 0.563. The van der Waals surface area contributed by atoms with Crippen LogP contribution in [-0.4, -0.2) is 40.5 Å². The standard InChI is InChI=1S/C24H24ClN3O2/c25-20-8-4-6-18(16-20)23-24(27-13-12-26-23)19-7-5-14-28(17-19)22(29)11-15-30-21-9-2-1-3-10-21/h1-4,6,8-10,12-13,16,19H,5,7,11,14-15,17H2. The highest BCUT2D eigenvalue weighted by atomic mass is 35.5. The molecule has 0 saturated carbocycles. The summed E-state index contributed by atoms with van der Waals surface area (Å²) in [4.78, 5) is 23.9. The molecule has 2 heterocycles. The number of nitrogens with zero attached hydrogens (tertiary/aromatic N) is 3. The van der Waals surface area contributed by atoms with Crippen molar-refractivity contribution < 1.29 is 9.53 Å². The van der Waals surface area contributed by atoms with Crippen molar-refractivity contribution in [3.8, 4) is 17.0 Å². The summed E-state index contributed by atoms with van der Waals surface area (Å²) in [6.45, 7) is 1.80. The van der Waals surface area contributed by atoms with Gasteiger partial charge in [0.2, 0.25) is 5.91 Å². The number of benzene rings is 2. The largest absolute Gasteiger partial charge is 0.493 e. The molecule has 1 unspecified atom stereocenters. The zero-order valence-corrected chi connectivity index (χ0v) is 17.5. The number of hydrogen-bond donors (Lipinski definition) is 0. The third-order valence-electron chi connectivity index (χ3n) is 5.31. The number of piperidine rings is 1. The molecule has 0 radical (unpaired) electrons. The highest BCUT2D eigenvalue weighted by Gasteiger charge is 2.27. The van der Waals surface area contributed by atoms with Crippen LogP contribution in [0.5, 0.6) is 5.75 Å². The molecule has 0 bridgehead atoms. The molecule has 154 valence electrons. The van der Waals surface area contributed by atoms with Gasteiger partial charge in [-0.05, 0) is 37.1 Å². The van der Waals surface area contributed by atoms with E-state index >= 15 is 0 Å². The van der Waals surface area contributed by atoms with E-state index in [1.807, 2.05) is 59.5 Å². The Kier molecular flexibility index (Phi) is 6.60. The fraction of sp³-hybridized carbons (Fsp3) is 0.292. The van der Waals surface area contributed by atoms with E-state index in [1.54, 1.807) is 12.4 Å². The number of aromatic nitrogens is 2. The molecule has 1 atom stereocenters. The molecule has 1 aliphatic rings. The number of carbonyl (C=O) groups excluding carboxylic acids is 1. The van der Waals surface area contributed by atoms with Crippen molar-refractivity contribution >= 4 is 17.5 Å². The summed E-state index contributed by atoms with van der Waals surface area (Å²) < 4.78 is 5.68. The summed E-state index contributed by atoms with van der Waals surface area (Å²) in [5, 5.41) is 0.669. The van der Waals surface area contributed by atoms with Crippen molar-refractivity contribution in [3.63, 3.8) is 0 Å². The van der Waals surface area contributed by atoms with Gasteiger partial charge in [0.05, 0.1) is 24.4 Å². The fourth-order valence-electron chi connectivity index (χ4n) is 3.86. The Hall–Kier alpha value is -2.92. The normalized spacial score (nSPS) is 16.3. The summed E-state index contributed by atoms with van der Waals surface area (Å²) in [5.74, 6) is 1.05. The average Bonchev–Trinajstić information content (AvgIpc) is 2.80. The molecule has 1 amide bonds. The van der Waals surface area contributed by atoms with Crippen molar-refractivity contribution in [3.05, 3.63) is 77.7 Å². The third-order valence-corrected chi connectivity index (χ3v) is 5.55. The molecule has 2 aromatic carbocycles. The van der Waals surface area contributed by atoms with Crippen LogP contribution in [0.15, 0.2) is 67.0 Å². The highest BCUT2D eigenvalue weighted by Crippen LogP contribution is 2.32. The van der Waals surface area contributed by atoms with Gasteiger partial charge in [0, 0.05) is 42.0 Å². The molecule has 0 N–H and O–H groups in total. The number of ether oxygens (including phenoxy) is 1. The molecular formula is C24H24ClN3O2. The molecule has 1 aromatic heterocycles. The van der Waals surface area contributed by atoms with E-state index in [9.17, 15) is 4.79 Å². The van der Waals surface area contributed by atoms with Crippen molar-refractivity contribution in [2.75, 3.05) is 19.7 Å². The van der Waals surface area contributed by atoms with Gasteiger partial charge in [-0.1, -0.05) is 41.9 Å². The first-order valence-electron chi connectivity index (χ1n) is 10.2. The SMILES string of the molecule is O=C(CCOc1ccccc1)N1CCCC(c2nccnc2-c2cccc(Cl)c2)C1. The molecule has 0 spiro atoms. The third kappa shape index (κ3) is 4.97. The predicted molar refractivity (Wildman–Crippen MR) is 118 cm³/mol. The summed E-state index contributed by atoms with van der Waals surface area (Å²) in [7, 11) is 0. The molecule has 3 aromatic rings. The molecular weight excluding hydrogens is 398 g/mol. The minimum Gasteiger partial charge on any atom is -0.493 e. The number of halogens is 1. The van der Waals surface area contributed by atoms with E-state index in [-0.39, 0.29) is 11.8 Å². The van der Waals surface area contributed by atoms with Gasteiger partial charge in [-0.25, -0.2) is 0 Å². The predicted octanol–water partition coefficient (Wildman–Crippen LogP) is 4.97. The fourth-order valence-corrected chi connectivity index (χ4v) is 4.05. The van der Waals surface area contributed by atoms with E-state index in [0.29, 0.717) is 24.6 Å². The van der Waals surface area contributed by atoms with Crippen LogP contribution in [0.3, 0.4) is 0 Å². The molecule has 1 saturated heterocycles. The van der Waals surface area contributed by atoms with Gasteiger partial charge in [0.1, 0.15) is 5.75 Å². The van der Waals surface area contributed by atoms with Crippen LogP contribution in [0.1, 0.15) is 30.9 Å². The van der Waals surface area contributed by atoms with Gasteiger partial charge in [-0.2, -0.15) is 0 Å². The van der Waals surface area contributed by atoms with Gasteiger partial charge >= 0.3 is 0 Å². The maximum Gasteiger partial charge on any atom is 0.226 e. The first-order valence-corrected chi connectivity index (χ1v) is 10.6. The van der Waals surface area contributed by atoms with E-state index in [0.717, 1.165) is 42.1 Å². The summed E-state index contributed by atoms with van der Waals surface area (Å²) in [5.41, 5.74) is 2.72. The lowest BCUT2D eigenvalue weighted by molar-refractivity contribution is -0.132. The minimum absolute atomic E-state index is 0.115. The zero-order valence-electron chi connectivity index (χ0n) is 16.7. The molecule has 4 rings (SSSR count). The van der Waals surface area contributed by atoms with E-state index in [4.69, 9.17) is 16.3 Å². The van der Waals surface area contributed by atoms with Crippen LogP contribution >= 0.6 is 11.6 Å². The number of likely N-dealkylation sites (tertiary alicyclic amines) is 1. The maximum absolute atomic E-state index is 12.8. The minimum atomic E-state index is 0.115. The molecule has 30 heavy (non-hydrogen) atoms. The molecule has 1 fully saturated rings. The lowest BCUT2D eigenvalue weighted by Gasteiger charge is -2.33.